The monoisotopic (exact) mass is 448 g/mol. The van der Waals surface area contributed by atoms with Crippen molar-refractivity contribution < 1.29 is 14.4 Å². The van der Waals surface area contributed by atoms with Gasteiger partial charge in [-0.1, -0.05) is 53.2 Å². The summed E-state index contributed by atoms with van der Waals surface area (Å²) in [4.78, 5) is 40.0. The molecule has 6 heteroatoms. The number of fused-ring (bicyclic) bond motifs is 1. The van der Waals surface area contributed by atoms with Crippen molar-refractivity contribution in [2.75, 3.05) is 10.2 Å². The van der Waals surface area contributed by atoms with Crippen LogP contribution in [0.4, 0.5) is 11.4 Å². The van der Waals surface area contributed by atoms with Crippen LogP contribution in [-0.4, -0.2) is 17.7 Å². The van der Waals surface area contributed by atoms with Gasteiger partial charge < -0.3 is 5.32 Å². The second-order valence-electron chi connectivity index (χ2n) is 6.62. The van der Waals surface area contributed by atoms with Gasteiger partial charge in [-0.25, -0.2) is 4.90 Å². The third kappa shape index (κ3) is 3.36. The molecular weight excluding hydrogens is 432 g/mol. The third-order valence-corrected chi connectivity index (χ3v) is 5.38. The molecule has 0 saturated carbocycles. The fourth-order valence-electron chi connectivity index (χ4n) is 3.43. The predicted octanol–water partition coefficient (Wildman–Crippen LogP) is 5.06. The number of amides is 3. The van der Waals surface area contributed by atoms with Crippen molar-refractivity contribution in [3.05, 3.63) is 93.5 Å². The zero-order chi connectivity index (χ0) is 20.5. The largest absolute Gasteiger partial charge is 0.322 e. The number of benzene rings is 3. The van der Waals surface area contributed by atoms with Crippen LogP contribution in [0, 0.1) is 0 Å². The minimum atomic E-state index is -0.444. The number of anilines is 2. The molecule has 0 bridgehead atoms. The van der Waals surface area contributed by atoms with Crippen LogP contribution in [0.15, 0.2) is 71.2 Å². The van der Waals surface area contributed by atoms with Crippen molar-refractivity contribution in [2.24, 2.45) is 0 Å². The Bertz CT molecular complexity index is 1160. The second kappa shape index (κ2) is 7.64. The fourth-order valence-corrected chi connectivity index (χ4v) is 3.79. The van der Waals surface area contributed by atoms with Gasteiger partial charge in [-0.3, -0.25) is 14.4 Å². The normalized spacial score (nSPS) is 12.8. The third-order valence-electron chi connectivity index (χ3n) is 4.88. The molecule has 5 nitrogen and oxygen atoms in total. The van der Waals surface area contributed by atoms with Gasteiger partial charge in [0.25, 0.3) is 17.7 Å². The van der Waals surface area contributed by atoms with Crippen molar-refractivity contribution in [3.63, 3.8) is 0 Å². The molecule has 1 aliphatic heterocycles. The Labute approximate surface area is 176 Å². The van der Waals surface area contributed by atoms with E-state index >= 15 is 0 Å². The standard InChI is InChI=1S/C23H17BrN2O3/c1-2-14-7-3-5-9-19(14)25-21(27)17-8-4-6-10-20(17)26-22(28)16-12-11-15(24)13-18(16)23(26)29/h3-13H,2H2,1H3,(H,25,27). The molecule has 4 rings (SSSR count). The highest BCUT2D eigenvalue weighted by Gasteiger charge is 2.38. The fraction of sp³-hybridized carbons (Fsp3) is 0.0870. The highest BCUT2D eigenvalue weighted by molar-refractivity contribution is 9.10. The zero-order valence-corrected chi connectivity index (χ0v) is 17.2. The molecule has 144 valence electrons. The number of nitrogens with zero attached hydrogens (tertiary/aromatic N) is 1. The number of aryl methyl sites for hydroxylation is 1. The van der Waals surface area contributed by atoms with Gasteiger partial charge in [0, 0.05) is 10.2 Å². The van der Waals surface area contributed by atoms with E-state index in [4.69, 9.17) is 0 Å². The van der Waals surface area contributed by atoms with Gasteiger partial charge in [0.1, 0.15) is 0 Å². The minimum Gasteiger partial charge on any atom is -0.322 e. The summed E-state index contributed by atoms with van der Waals surface area (Å²) in [6.07, 6.45) is 0.769. The number of nitrogens with one attached hydrogen (secondary N) is 1. The Morgan fingerprint density at radius 1 is 0.931 bits per heavy atom. The van der Waals surface area contributed by atoms with Crippen LogP contribution in [0.5, 0.6) is 0 Å². The van der Waals surface area contributed by atoms with E-state index in [9.17, 15) is 14.4 Å². The minimum absolute atomic E-state index is 0.256. The molecule has 1 heterocycles. The van der Waals surface area contributed by atoms with Crippen molar-refractivity contribution >= 4 is 45.0 Å². The summed E-state index contributed by atoms with van der Waals surface area (Å²) < 4.78 is 0.710. The highest BCUT2D eigenvalue weighted by atomic mass is 79.9. The molecule has 0 aromatic heterocycles. The summed E-state index contributed by atoms with van der Waals surface area (Å²) in [6, 6.07) is 19.1. The lowest BCUT2D eigenvalue weighted by Gasteiger charge is -2.18. The molecule has 0 saturated heterocycles. The van der Waals surface area contributed by atoms with Gasteiger partial charge in [0.2, 0.25) is 0 Å². The van der Waals surface area contributed by atoms with Crippen molar-refractivity contribution in [1.82, 2.24) is 0 Å². The Morgan fingerprint density at radius 2 is 1.62 bits per heavy atom. The lowest BCUT2D eigenvalue weighted by atomic mass is 10.1. The van der Waals surface area contributed by atoms with Crippen LogP contribution in [0.3, 0.4) is 0 Å². The van der Waals surface area contributed by atoms with E-state index in [0.29, 0.717) is 21.3 Å². The van der Waals surface area contributed by atoms with Crippen LogP contribution >= 0.6 is 15.9 Å². The summed E-state index contributed by atoms with van der Waals surface area (Å²) in [5, 5.41) is 2.91. The first kappa shape index (κ1) is 19.1. The van der Waals surface area contributed by atoms with E-state index in [1.54, 1.807) is 42.5 Å². The van der Waals surface area contributed by atoms with E-state index in [-0.39, 0.29) is 17.2 Å². The van der Waals surface area contributed by atoms with Crippen LogP contribution in [-0.2, 0) is 6.42 Å². The molecule has 0 spiro atoms. The molecule has 29 heavy (non-hydrogen) atoms. The van der Waals surface area contributed by atoms with Crippen LogP contribution < -0.4 is 10.2 Å². The lowest BCUT2D eigenvalue weighted by Crippen LogP contribution is -2.31. The van der Waals surface area contributed by atoms with Crippen LogP contribution in [0.2, 0.25) is 0 Å². The number of carbonyl (C=O) groups excluding carboxylic acids is 3. The number of carbonyl (C=O) groups is 3. The Hall–Kier alpha value is -3.25. The SMILES string of the molecule is CCc1ccccc1NC(=O)c1ccccc1N1C(=O)c2ccc(Br)cc2C1=O. The first-order valence-corrected chi connectivity index (χ1v) is 9.97. The number of para-hydroxylation sites is 2. The van der Waals surface area contributed by atoms with Crippen molar-refractivity contribution in [1.29, 1.82) is 0 Å². The summed E-state index contributed by atoms with van der Waals surface area (Å²) in [5.74, 6) is -1.26. The van der Waals surface area contributed by atoms with Crippen molar-refractivity contribution in [2.45, 2.75) is 13.3 Å². The molecule has 1 N–H and O–H groups in total. The van der Waals surface area contributed by atoms with Crippen LogP contribution in [0.25, 0.3) is 0 Å². The van der Waals surface area contributed by atoms with E-state index in [1.165, 1.54) is 0 Å². The smallest absolute Gasteiger partial charge is 0.266 e. The molecule has 3 amide bonds. The molecule has 0 fully saturated rings. The summed E-state index contributed by atoms with van der Waals surface area (Å²) in [7, 11) is 0. The van der Waals surface area contributed by atoms with Gasteiger partial charge >= 0.3 is 0 Å². The second-order valence-corrected chi connectivity index (χ2v) is 7.53. The Kier molecular flexibility index (Phi) is 5.03. The topological polar surface area (TPSA) is 66.5 Å². The molecule has 3 aromatic rings. The maximum Gasteiger partial charge on any atom is 0.266 e. The molecule has 0 aliphatic carbocycles. The lowest BCUT2D eigenvalue weighted by molar-refractivity contribution is 0.0926. The summed E-state index contributed by atoms with van der Waals surface area (Å²) in [5.41, 5.74) is 2.87. The number of rotatable bonds is 4. The molecule has 0 radical (unpaired) electrons. The molecule has 0 unspecified atom stereocenters. The van der Waals surface area contributed by atoms with Crippen molar-refractivity contribution in [3.8, 4) is 0 Å². The molecule has 1 aliphatic rings. The number of hydrogen-bond acceptors (Lipinski definition) is 3. The molecule has 0 atom stereocenters. The first-order valence-electron chi connectivity index (χ1n) is 9.18. The summed E-state index contributed by atoms with van der Waals surface area (Å²) >= 11 is 3.33. The van der Waals surface area contributed by atoms with Gasteiger partial charge in [-0.05, 0) is 48.4 Å². The first-order chi connectivity index (χ1) is 14.0. The average Bonchev–Trinajstić information content (AvgIpc) is 2.98. The highest BCUT2D eigenvalue weighted by Crippen LogP contribution is 2.32. The Morgan fingerprint density at radius 3 is 2.41 bits per heavy atom. The maximum absolute atomic E-state index is 13.0. The summed E-state index contributed by atoms with van der Waals surface area (Å²) in [6.45, 7) is 2.01. The number of halogens is 1. The van der Waals surface area contributed by atoms with Gasteiger partial charge in [-0.2, -0.15) is 0 Å². The van der Waals surface area contributed by atoms with Gasteiger partial charge in [0.05, 0.1) is 22.4 Å². The Balaban J connectivity index is 1.72. The van der Waals surface area contributed by atoms with Crippen LogP contribution in [0.1, 0.15) is 43.6 Å². The zero-order valence-electron chi connectivity index (χ0n) is 15.6. The van der Waals surface area contributed by atoms with E-state index in [2.05, 4.69) is 21.2 Å². The predicted molar refractivity (Wildman–Crippen MR) is 115 cm³/mol. The van der Waals surface area contributed by atoms with E-state index in [0.717, 1.165) is 16.9 Å². The number of imide groups is 1. The quantitative estimate of drug-likeness (QED) is 0.566. The van der Waals surface area contributed by atoms with E-state index < -0.39 is 11.8 Å². The average molecular weight is 449 g/mol. The molecular formula is C23H17BrN2O3. The molecule has 3 aromatic carbocycles. The maximum atomic E-state index is 13.0. The van der Waals surface area contributed by atoms with E-state index in [1.807, 2.05) is 31.2 Å². The number of hydrogen-bond donors (Lipinski definition) is 1. The van der Waals surface area contributed by atoms with Gasteiger partial charge in [-0.15, -0.1) is 0 Å². The van der Waals surface area contributed by atoms with Gasteiger partial charge in [0.15, 0.2) is 0 Å².